The van der Waals surface area contributed by atoms with E-state index in [4.69, 9.17) is 0 Å². The van der Waals surface area contributed by atoms with Crippen LogP contribution in [-0.4, -0.2) is 30.7 Å². The summed E-state index contributed by atoms with van der Waals surface area (Å²) in [5.74, 6) is 0.247. The van der Waals surface area contributed by atoms with Crippen molar-refractivity contribution in [3.05, 3.63) is 35.9 Å². The smallest absolute Gasteiger partial charge is 0.224 e. The van der Waals surface area contributed by atoms with E-state index in [9.17, 15) is 9.90 Å². The maximum Gasteiger partial charge on any atom is 0.224 e. The molecule has 1 heterocycles. The van der Waals surface area contributed by atoms with Crippen LogP contribution >= 0.6 is 0 Å². The van der Waals surface area contributed by atoms with E-state index in [1.165, 1.54) is 0 Å². The summed E-state index contributed by atoms with van der Waals surface area (Å²) >= 11 is 0. The van der Waals surface area contributed by atoms with E-state index in [1.807, 2.05) is 30.3 Å². The zero-order chi connectivity index (χ0) is 14.0. The normalized spacial score (nSPS) is 25.1. The number of nitrogens with one attached hydrogen (secondary N) is 2. The van der Waals surface area contributed by atoms with Gasteiger partial charge in [-0.2, -0.15) is 0 Å². The predicted molar refractivity (Wildman–Crippen MR) is 77.1 cm³/mol. The van der Waals surface area contributed by atoms with Gasteiger partial charge in [-0.05, 0) is 43.3 Å². The van der Waals surface area contributed by atoms with E-state index in [0.717, 1.165) is 37.9 Å². The summed E-state index contributed by atoms with van der Waals surface area (Å²) in [6, 6.07) is 9.38. The maximum absolute atomic E-state index is 12.4. The quantitative estimate of drug-likeness (QED) is 0.774. The van der Waals surface area contributed by atoms with Gasteiger partial charge in [0.15, 0.2) is 0 Å². The van der Waals surface area contributed by atoms with Crippen molar-refractivity contribution >= 4 is 5.91 Å². The molecular formula is C16H22N2O2. The zero-order valence-electron chi connectivity index (χ0n) is 11.6. The van der Waals surface area contributed by atoms with Crippen LogP contribution in [0.3, 0.4) is 0 Å². The van der Waals surface area contributed by atoms with Crippen molar-refractivity contribution in [2.24, 2.45) is 11.3 Å². The van der Waals surface area contributed by atoms with Gasteiger partial charge in [0.2, 0.25) is 5.91 Å². The van der Waals surface area contributed by atoms with Gasteiger partial charge in [-0.3, -0.25) is 4.79 Å². The summed E-state index contributed by atoms with van der Waals surface area (Å²) in [5, 5.41) is 15.9. The minimum atomic E-state index is -0.289. The molecule has 1 aromatic rings. The van der Waals surface area contributed by atoms with Crippen molar-refractivity contribution in [3.63, 3.8) is 0 Å². The SMILES string of the molecule is O=C(NC(CO)c1ccccc1)C1CC12CCNCC2. The number of carbonyl (C=O) groups is 1. The number of benzene rings is 1. The number of rotatable bonds is 4. The highest BCUT2D eigenvalue weighted by molar-refractivity contribution is 5.83. The van der Waals surface area contributed by atoms with E-state index in [1.54, 1.807) is 0 Å². The molecule has 1 spiro atoms. The lowest BCUT2D eigenvalue weighted by molar-refractivity contribution is -0.124. The number of aliphatic hydroxyl groups excluding tert-OH is 1. The molecule has 1 amide bonds. The Morgan fingerprint density at radius 3 is 2.70 bits per heavy atom. The van der Waals surface area contributed by atoms with E-state index in [2.05, 4.69) is 10.6 Å². The second-order valence-corrected chi connectivity index (χ2v) is 6.02. The molecule has 1 aliphatic heterocycles. The fourth-order valence-corrected chi connectivity index (χ4v) is 3.39. The van der Waals surface area contributed by atoms with Crippen LogP contribution < -0.4 is 10.6 Å². The van der Waals surface area contributed by atoms with Gasteiger partial charge in [-0.25, -0.2) is 0 Å². The van der Waals surface area contributed by atoms with E-state index in [-0.39, 0.29) is 29.9 Å². The summed E-state index contributed by atoms with van der Waals surface area (Å²) < 4.78 is 0. The molecule has 2 atom stereocenters. The van der Waals surface area contributed by atoms with Crippen molar-refractivity contribution in [2.45, 2.75) is 25.3 Å². The van der Waals surface area contributed by atoms with E-state index >= 15 is 0 Å². The summed E-state index contributed by atoms with van der Waals surface area (Å²) in [6.07, 6.45) is 3.20. The van der Waals surface area contributed by atoms with Crippen LogP contribution in [0.15, 0.2) is 30.3 Å². The summed E-state index contributed by atoms with van der Waals surface area (Å²) in [4.78, 5) is 12.4. The Morgan fingerprint density at radius 1 is 1.35 bits per heavy atom. The first kappa shape index (κ1) is 13.6. The van der Waals surface area contributed by atoms with Gasteiger partial charge >= 0.3 is 0 Å². The number of carbonyl (C=O) groups excluding carboxylic acids is 1. The second-order valence-electron chi connectivity index (χ2n) is 6.02. The second kappa shape index (κ2) is 5.54. The number of amides is 1. The third kappa shape index (κ3) is 2.58. The molecule has 2 unspecified atom stereocenters. The van der Waals surface area contributed by atoms with Gasteiger partial charge in [0.1, 0.15) is 0 Å². The number of piperidine rings is 1. The molecule has 108 valence electrons. The molecule has 0 bridgehead atoms. The van der Waals surface area contributed by atoms with Crippen molar-refractivity contribution in [1.82, 2.24) is 10.6 Å². The van der Waals surface area contributed by atoms with Crippen LogP contribution in [0.2, 0.25) is 0 Å². The maximum atomic E-state index is 12.4. The Kier molecular flexibility index (Phi) is 3.76. The number of aliphatic hydroxyl groups is 1. The Labute approximate surface area is 119 Å². The molecule has 1 saturated carbocycles. The highest BCUT2D eigenvalue weighted by atomic mass is 16.3. The average Bonchev–Trinajstić information content (AvgIpc) is 3.19. The minimum absolute atomic E-state index is 0.0585. The van der Waals surface area contributed by atoms with Gasteiger partial charge in [0.05, 0.1) is 12.6 Å². The van der Waals surface area contributed by atoms with Crippen LogP contribution in [0.25, 0.3) is 0 Å². The van der Waals surface area contributed by atoms with E-state index < -0.39 is 0 Å². The molecule has 4 nitrogen and oxygen atoms in total. The average molecular weight is 274 g/mol. The van der Waals surface area contributed by atoms with Crippen LogP contribution in [0.1, 0.15) is 30.9 Å². The van der Waals surface area contributed by atoms with Gasteiger partial charge in [-0.15, -0.1) is 0 Å². The van der Waals surface area contributed by atoms with Crippen LogP contribution in [-0.2, 0) is 4.79 Å². The lowest BCUT2D eigenvalue weighted by Crippen LogP contribution is -2.36. The summed E-state index contributed by atoms with van der Waals surface area (Å²) in [6.45, 7) is 1.98. The Balaban J connectivity index is 1.61. The lowest BCUT2D eigenvalue weighted by Gasteiger charge is -2.24. The standard InChI is InChI=1S/C16H22N2O2/c19-11-14(12-4-2-1-3-5-12)18-15(20)13-10-16(13)6-8-17-9-7-16/h1-5,13-14,17,19H,6-11H2,(H,18,20). The Hall–Kier alpha value is -1.39. The number of hydrogen-bond acceptors (Lipinski definition) is 3. The molecule has 1 aliphatic carbocycles. The monoisotopic (exact) mass is 274 g/mol. The zero-order valence-corrected chi connectivity index (χ0v) is 11.6. The number of hydrogen-bond donors (Lipinski definition) is 3. The molecule has 2 fully saturated rings. The highest BCUT2D eigenvalue weighted by Crippen LogP contribution is 2.58. The Bertz CT molecular complexity index is 469. The van der Waals surface area contributed by atoms with Gasteiger partial charge in [-0.1, -0.05) is 30.3 Å². The van der Waals surface area contributed by atoms with Gasteiger partial charge < -0.3 is 15.7 Å². The molecule has 4 heteroatoms. The first-order valence-corrected chi connectivity index (χ1v) is 7.42. The Morgan fingerprint density at radius 2 is 2.05 bits per heavy atom. The largest absolute Gasteiger partial charge is 0.394 e. The third-order valence-corrected chi connectivity index (χ3v) is 4.81. The minimum Gasteiger partial charge on any atom is -0.394 e. The molecule has 3 rings (SSSR count). The molecular weight excluding hydrogens is 252 g/mol. The van der Waals surface area contributed by atoms with Gasteiger partial charge in [0, 0.05) is 5.92 Å². The molecule has 1 saturated heterocycles. The van der Waals surface area contributed by atoms with Crippen LogP contribution in [0.5, 0.6) is 0 Å². The molecule has 0 radical (unpaired) electrons. The molecule has 1 aromatic carbocycles. The first-order valence-electron chi connectivity index (χ1n) is 7.42. The lowest BCUT2D eigenvalue weighted by atomic mass is 9.91. The van der Waals surface area contributed by atoms with Crippen molar-refractivity contribution in [2.75, 3.05) is 19.7 Å². The van der Waals surface area contributed by atoms with Crippen molar-refractivity contribution < 1.29 is 9.90 Å². The third-order valence-electron chi connectivity index (χ3n) is 4.81. The molecule has 3 N–H and O–H groups in total. The van der Waals surface area contributed by atoms with Crippen LogP contribution in [0.4, 0.5) is 0 Å². The summed E-state index contributed by atoms with van der Waals surface area (Å²) in [7, 11) is 0. The van der Waals surface area contributed by atoms with Crippen molar-refractivity contribution in [3.8, 4) is 0 Å². The van der Waals surface area contributed by atoms with Crippen LogP contribution in [0, 0.1) is 11.3 Å². The fourth-order valence-electron chi connectivity index (χ4n) is 3.39. The first-order chi connectivity index (χ1) is 9.75. The summed E-state index contributed by atoms with van der Waals surface area (Å²) in [5.41, 5.74) is 1.20. The van der Waals surface area contributed by atoms with Crippen molar-refractivity contribution in [1.29, 1.82) is 0 Å². The van der Waals surface area contributed by atoms with E-state index in [0.29, 0.717) is 0 Å². The highest BCUT2D eigenvalue weighted by Gasteiger charge is 2.57. The molecule has 2 aliphatic rings. The molecule has 0 aromatic heterocycles. The van der Waals surface area contributed by atoms with Gasteiger partial charge in [0.25, 0.3) is 0 Å². The topological polar surface area (TPSA) is 61.4 Å². The fraction of sp³-hybridized carbons (Fsp3) is 0.562. The molecule has 20 heavy (non-hydrogen) atoms. The predicted octanol–water partition coefficient (Wildman–Crippen LogP) is 1.23.